The Labute approximate surface area is 80.9 Å². The molecule has 78 valence electrons. The van der Waals surface area contributed by atoms with Crippen molar-refractivity contribution in [2.24, 2.45) is 11.7 Å². The number of nitrogens with two attached hydrogens (primary N) is 1. The first-order chi connectivity index (χ1) is 6.17. The van der Waals surface area contributed by atoms with Crippen molar-refractivity contribution in [3.8, 4) is 0 Å². The Kier molecular flexibility index (Phi) is 4.16. The van der Waals surface area contributed by atoms with Crippen LogP contribution in [0.1, 0.15) is 26.2 Å². The number of likely N-dealkylation sites (N-methyl/N-ethyl adjacent to an activating group) is 1. The zero-order valence-corrected chi connectivity index (χ0v) is 8.74. The number of aliphatic hydroxyl groups excluding tert-OH is 1. The second-order valence-electron chi connectivity index (χ2n) is 4.23. The lowest BCUT2D eigenvalue weighted by Gasteiger charge is -2.37. The van der Waals surface area contributed by atoms with Crippen molar-refractivity contribution in [2.45, 2.75) is 38.3 Å². The normalized spacial score (nSPS) is 30.2. The third kappa shape index (κ3) is 2.93. The van der Waals surface area contributed by atoms with Gasteiger partial charge >= 0.3 is 0 Å². The van der Waals surface area contributed by atoms with Gasteiger partial charge in [0, 0.05) is 19.1 Å². The van der Waals surface area contributed by atoms with E-state index in [-0.39, 0.29) is 6.10 Å². The third-order valence-corrected chi connectivity index (χ3v) is 3.12. The van der Waals surface area contributed by atoms with Gasteiger partial charge in [-0.05, 0) is 32.2 Å². The molecule has 1 fully saturated rings. The molecule has 3 N–H and O–H groups in total. The molecule has 0 aromatic heterocycles. The Morgan fingerprint density at radius 2 is 2.15 bits per heavy atom. The number of hydrogen-bond donors (Lipinski definition) is 2. The van der Waals surface area contributed by atoms with E-state index in [1.54, 1.807) is 0 Å². The smallest absolute Gasteiger partial charge is 0.0546 e. The van der Waals surface area contributed by atoms with Crippen LogP contribution in [-0.2, 0) is 0 Å². The molecule has 0 aliphatic heterocycles. The molecule has 1 unspecified atom stereocenters. The van der Waals surface area contributed by atoms with Gasteiger partial charge in [-0.2, -0.15) is 0 Å². The standard InChI is InChI=1S/C10H22N2O/c1-3-9(6-11)12(2)7-8-4-10(13)5-8/h8-10,13H,3-7,11H2,1-2H3. The maximum Gasteiger partial charge on any atom is 0.0546 e. The van der Waals surface area contributed by atoms with E-state index in [9.17, 15) is 0 Å². The molecule has 1 saturated carbocycles. The van der Waals surface area contributed by atoms with Gasteiger partial charge in [0.25, 0.3) is 0 Å². The maximum atomic E-state index is 9.14. The predicted octanol–water partition coefficient (Wildman–Crippen LogP) is 0.426. The van der Waals surface area contributed by atoms with Crippen LogP contribution in [-0.4, -0.2) is 42.3 Å². The fourth-order valence-corrected chi connectivity index (χ4v) is 2.06. The largest absolute Gasteiger partial charge is 0.393 e. The van der Waals surface area contributed by atoms with Gasteiger partial charge in [0.15, 0.2) is 0 Å². The van der Waals surface area contributed by atoms with Crippen LogP contribution in [0.5, 0.6) is 0 Å². The molecule has 13 heavy (non-hydrogen) atoms. The molecular weight excluding hydrogens is 164 g/mol. The van der Waals surface area contributed by atoms with Crippen LogP contribution < -0.4 is 5.73 Å². The molecule has 0 aromatic rings. The van der Waals surface area contributed by atoms with Crippen molar-refractivity contribution in [3.05, 3.63) is 0 Å². The van der Waals surface area contributed by atoms with E-state index in [2.05, 4.69) is 18.9 Å². The van der Waals surface area contributed by atoms with Crippen LogP contribution in [0.25, 0.3) is 0 Å². The van der Waals surface area contributed by atoms with E-state index in [1.807, 2.05) is 0 Å². The molecule has 0 radical (unpaired) electrons. The van der Waals surface area contributed by atoms with E-state index in [0.717, 1.165) is 32.4 Å². The lowest BCUT2D eigenvalue weighted by Crippen LogP contribution is -2.44. The second-order valence-corrected chi connectivity index (χ2v) is 4.23. The van der Waals surface area contributed by atoms with Gasteiger partial charge in [0.1, 0.15) is 0 Å². The lowest BCUT2D eigenvalue weighted by atomic mass is 9.82. The van der Waals surface area contributed by atoms with Crippen molar-refractivity contribution >= 4 is 0 Å². The molecule has 0 amide bonds. The highest BCUT2D eigenvalue weighted by Crippen LogP contribution is 2.28. The summed E-state index contributed by atoms with van der Waals surface area (Å²) in [5.41, 5.74) is 5.66. The Bertz CT molecular complexity index is 142. The SMILES string of the molecule is CCC(CN)N(C)CC1CC(O)C1. The fraction of sp³-hybridized carbons (Fsp3) is 1.00. The summed E-state index contributed by atoms with van der Waals surface area (Å²) >= 11 is 0. The average molecular weight is 186 g/mol. The van der Waals surface area contributed by atoms with E-state index in [4.69, 9.17) is 10.8 Å². The van der Waals surface area contributed by atoms with Gasteiger partial charge in [-0.15, -0.1) is 0 Å². The first-order valence-electron chi connectivity index (χ1n) is 5.25. The molecule has 1 rings (SSSR count). The van der Waals surface area contributed by atoms with Gasteiger partial charge < -0.3 is 15.7 Å². The summed E-state index contributed by atoms with van der Waals surface area (Å²) in [4.78, 5) is 2.33. The summed E-state index contributed by atoms with van der Waals surface area (Å²) in [7, 11) is 2.13. The minimum atomic E-state index is -0.0312. The van der Waals surface area contributed by atoms with Crippen LogP contribution in [0, 0.1) is 5.92 Å². The first kappa shape index (κ1) is 11.0. The summed E-state index contributed by atoms with van der Waals surface area (Å²) in [6.45, 7) is 4.00. The first-order valence-corrected chi connectivity index (χ1v) is 5.25. The van der Waals surface area contributed by atoms with Crippen LogP contribution in [0.15, 0.2) is 0 Å². The molecule has 1 aliphatic carbocycles. The Balaban J connectivity index is 2.19. The van der Waals surface area contributed by atoms with Gasteiger partial charge in [0.2, 0.25) is 0 Å². The topological polar surface area (TPSA) is 49.5 Å². The summed E-state index contributed by atoms with van der Waals surface area (Å²) in [5, 5.41) is 9.14. The molecule has 0 saturated heterocycles. The molecule has 0 heterocycles. The third-order valence-electron chi connectivity index (χ3n) is 3.12. The monoisotopic (exact) mass is 186 g/mol. The molecule has 3 nitrogen and oxygen atoms in total. The lowest BCUT2D eigenvalue weighted by molar-refractivity contribution is 0.0223. The second kappa shape index (κ2) is 4.94. The summed E-state index contributed by atoms with van der Waals surface area (Å²) < 4.78 is 0. The van der Waals surface area contributed by atoms with Crippen molar-refractivity contribution in [1.82, 2.24) is 4.90 Å². The van der Waals surface area contributed by atoms with Crippen LogP contribution >= 0.6 is 0 Å². The summed E-state index contributed by atoms with van der Waals surface area (Å²) in [5.74, 6) is 0.695. The van der Waals surface area contributed by atoms with Crippen molar-refractivity contribution in [3.63, 3.8) is 0 Å². The Morgan fingerprint density at radius 3 is 2.54 bits per heavy atom. The van der Waals surface area contributed by atoms with E-state index in [1.165, 1.54) is 0 Å². The molecule has 1 aliphatic rings. The highest BCUT2D eigenvalue weighted by Gasteiger charge is 2.28. The van der Waals surface area contributed by atoms with E-state index >= 15 is 0 Å². The highest BCUT2D eigenvalue weighted by atomic mass is 16.3. The average Bonchev–Trinajstić information content (AvgIpc) is 2.04. The van der Waals surface area contributed by atoms with Crippen molar-refractivity contribution in [2.75, 3.05) is 20.1 Å². The number of rotatable bonds is 5. The fourth-order valence-electron chi connectivity index (χ4n) is 2.06. The summed E-state index contributed by atoms with van der Waals surface area (Å²) in [6.07, 6.45) is 3.04. The molecule has 0 aromatic carbocycles. The van der Waals surface area contributed by atoms with Crippen LogP contribution in [0.4, 0.5) is 0 Å². The van der Waals surface area contributed by atoms with E-state index in [0.29, 0.717) is 12.0 Å². The summed E-state index contributed by atoms with van der Waals surface area (Å²) in [6, 6.07) is 0.512. The number of aliphatic hydroxyl groups is 1. The molecule has 1 atom stereocenters. The molecular formula is C10H22N2O. The Morgan fingerprint density at radius 1 is 1.54 bits per heavy atom. The van der Waals surface area contributed by atoms with Crippen molar-refractivity contribution < 1.29 is 5.11 Å². The number of nitrogens with zero attached hydrogens (tertiary/aromatic N) is 1. The van der Waals surface area contributed by atoms with Gasteiger partial charge in [-0.25, -0.2) is 0 Å². The van der Waals surface area contributed by atoms with E-state index < -0.39 is 0 Å². The maximum absolute atomic E-state index is 9.14. The molecule has 0 bridgehead atoms. The highest BCUT2D eigenvalue weighted by molar-refractivity contribution is 4.82. The Hall–Kier alpha value is -0.120. The quantitative estimate of drug-likeness (QED) is 0.654. The molecule has 0 spiro atoms. The molecule has 3 heteroatoms. The zero-order valence-electron chi connectivity index (χ0n) is 8.74. The van der Waals surface area contributed by atoms with Gasteiger partial charge in [-0.3, -0.25) is 0 Å². The minimum absolute atomic E-state index is 0.0312. The zero-order chi connectivity index (χ0) is 9.84. The number of hydrogen-bond acceptors (Lipinski definition) is 3. The van der Waals surface area contributed by atoms with Crippen LogP contribution in [0.2, 0.25) is 0 Å². The van der Waals surface area contributed by atoms with Crippen molar-refractivity contribution in [1.29, 1.82) is 0 Å². The van der Waals surface area contributed by atoms with Gasteiger partial charge in [-0.1, -0.05) is 6.92 Å². The van der Waals surface area contributed by atoms with Gasteiger partial charge in [0.05, 0.1) is 6.10 Å². The predicted molar refractivity (Wildman–Crippen MR) is 54.5 cm³/mol. The minimum Gasteiger partial charge on any atom is -0.393 e. The van der Waals surface area contributed by atoms with Crippen LogP contribution in [0.3, 0.4) is 0 Å².